The molecule has 19 heavy (non-hydrogen) atoms. The molecule has 1 aliphatic rings. The van der Waals surface area contributed by atoms with Gasteiger partial charge >= 0.3 is 6.09 Å². The van der Waals surface area contributed by atoms with Gasteiger partial charge in [0.25, 0.3) is 6.01 Å². The van der Waals surface area contributed by atoms with E-state index in [1.54, 1.807) is 10.6 Å². The quantitative estimate of drug-likeness (QED) is 0.831. The SMILES string of the molecule is O=C(O)N1CC[C@H](n2c(O)nc3ncc(Cl)cc32)C1. The second kappa shape index (κ2) is 4.27. The van der Waals surface area contributed by atoms with E-state index in [1.165, 1.54) is 11.1 Å². The van der Waals surface area contributed by atoms with E-state index in [2.05, 4.69) is 9.97 Å². The lowest BCUT2D eigenvalue weighted by molar-refractivity contribution is 0.154. The maximum Gasteiger partial charge on any atom is 0.407 e. The number of imidazole rings is 1. The van der Waals surface area contributed by atoms with Crippen molar-refractivity contribution in [1.29, 1.82) is 0 Å². The molecule has 1 atom stereocenters. The van der Waals surface area contributed by atoms with Crippen molar-refractivity contribution < 1.29 is 15.0 Å². The lowest BCUT2D eigenvalue weighted by Crippen LogP contribution is -2.27. The van der Waals surface area contributed by atoms with Gasteiger partial charge in [0.1, 0.15) is 0 Å². The molecule has 0 saturated carbocycles. The average Bonchev–Trinajstić information content (AvgIpc) is 2.92. The Bertz CT molecular complexity index is 657. The molecule has 1 saturated heterocycles. The number of rotatable bonds is 1. The largest absolute Gasteiger partial charge is 0.480 e. The fraction of sp³-hybridized carbons (Fsp3) is 0.364. The van der Waals surface area contributed by atoms with Crippen LogP contribution in [0.15, 0.2) is 12.3 Å². The number of carboxylic acid groups (broad SMARTS) is 1. The highest BCUT2D eigenvalue weighted by molar-refractivity contribution is 6.31. The lowest BCUT2D eigenvalue weighted by atomic mass is 10.2. The maximum atomic E-state index is 10.9. The smallest absolute Gasteiger partial charge is 0.407 e. The molecule has 1 aliphatic heterocycles. The van der Waals surface area contributed by atoms with Crippen LogP contribution < -0.4 is 0 Å². The standard InChI is InChI=1S/C11H11ClN4O3/c12-6-3-8-9(13-4-6)14-10(17)16(8)7-1-2-15(5-7)11(18)19/h3-4,7H,1-2,5H2,(H,18,19)(H,13,14,17)/t7-/m0/s1. The van der Waals surface area contributed by atoms with E-state index in [1.807, 2.05) is 0 Å². The van der Waals surface area contributed by atoms with Crippen LogP contribution in [0.3, 0.4) is 0 Å². The van der Waals surface area contributed by atoms with Gasteiger partial charge in [-0.2, -0.15) is 4.98 Å². The van der Waals surface area contributed by atoms with Crippen LogP contribution in [0.2, 0.25) is 5.02 Å². The first-order valence-electron chi connectivity index (χ1n) is 5.76. The third-order valence-corrected chi connectivity index (χ3v) is 3.50. The Kier molecular flexibility index (Phi) is 2.70. The summed E-state index contributed by atoms with van der Waals surface area (Å²) in [4.78, 5) is 20.2. The van der Waals surface area contributed by atoms with Crippen molar-refractivity contribution in [2.75, 3.05) is 13.1 Å². The van der Waals surface area contributed by atoms with Crippen LogP contribution in [0, 0.1) is 0 Å². The predicted molar refractivity (Wildman–Crippen MR) is 67.5 cm³/mol. The molecule has 3 rings (SSSR count). The topological polar surface area (TPSA) is 91.5 Å². The summed E-state index contributed by atoms with van der Waals surface area (Å²) >= 11 is 5.90. The first-order chi connectivity index (χ1) is 9.06. The Hall–Kier alpha value is -2.02. The molecule has 0 unspecified atom stereocenters. The summed E-state index contributed by atoms with van der Waals surface area (Å²) in [5.74, 6) is 0. The molecule has 0 aromatic carbocycles. The molecule has 0 radical (unpaired) electrons. The van der Waals surface area contributed by atoms with E-state index < -0.39 is 6.09 Å². The van der Waals surface area contributed by atoms with Gasteiger partial charge in [0, 0.05) is 19.3 Å². The molecule has 8 heteroatoms. The summed E-state index contributed by atoms with van der Waals surface area (Å²) in [6.45, 7) is 0.758. The summed E-state index contributed by atoms with van der Waals surface area (Å²) in [7, 11) is 0. The zero-order chi connectivity index (χ0) is 13.6. The van der Waals surface area contributed by atoms with E-state index >= 15 is 0 Å². The van der Waals surface area contributed by atoms with Crippen molar-refractivity contribution in [2.45, 2.75) is 12.5 Å². The number of aromatic hydroxyl groups is 1. The third kappa shape index (κ3) is 1.95. The highest BCUT2D eigenvalue weighted by Gasteiger charge is 2.30. The molecule has 1 amide bonds. The number of halogens is 1. The van der Waals surface area contributed by atoms with Gasteiger partial charge in [-0.3, -0.25) is 4.57 Å². The maximum absolute atomic E-state index is 10.9. The van der Waals surface area contributed by atoms with Gasteiger partial charge in [-0.1, -0.05) is 11.6 Å². The van der Waals surface area contributed by atoms with Gasteiger partial charge in [0.15, 0.2) is 5.65 Å². The molecule has 100 valence electrons. The molecule has 1 fully saturated rings. The molecule has 0 bridgehead atoms. The van der Waals surface area contributed by atoms with Crippen LogP contribution in [-0.2, 0) is 0 Å². The molecular formula is C11H11ClN4O3. The second-order valence-electron chi connectivity index (χ2n) is 4.45. The first kappa shape index (κ1) is 12.0. The van der Waals surface area contributed by atoms with Gasteiger partial charge in [0.2, 0.25) is 0 Å². The van der Waals surface area contributed by atoms with Crippen LogP contribution in [0.25, 0.3) is 11.2 Å². The van der Waals surface area contributed by atoms with Crippen molar-refractivity contribution in [2.24, 2.45) is 0 Å². The van der Waals surface area contributed by atoms with E-state index in [4.69, 9.17) is 16.7 Å². The molecule has 3 heterocycles. The molecule has 0 aliphatic carbocycles. The van der Waals surface area contributed by atoms with E-state index in [-0.39, 0.29) is 12.1 Å². The Morgan fingerprint density at radius 1 is 1.53 bits per heavy atom. The van der Waals surface area contributed by atoms with Gasteiger partial charge in [-0.25, -0.2) is 9.78 Å². The Morgan fingerprint density at radius 2 is 2.32 bits per heavy atom. The zero-order valence-electron chi connectivity index (χ0n) is 9.82. The molecule has 2 N–H and O–H groups in total. The van der Waals surface area contributed by atoms with E-state index in [0.29, 0.717) is 35.7 Å². The summed E-state index contributed by atoms with van der Waals surface area (Å²) in [6, 6.07) is 1.35. The van der Waals surface area contributed by atoms with E-state index in [9.17, 15) is 9.90 Å². The van der Waals surface area contributed by atoms with Gasteiger partial charge in [0.05, 0.1) is 16.6 Å². The predicted octanol–water partition coefficient (Wildman–Crippen LogP) is 1.72. The van der Waals surface area contributed by atoms with E-state index in [0.717, 1.165) is 0 Å². The summed E-state index contributed by atoms with van der Waals surface area (Å²) in [5, 5.41) is 19.3. The van der Waals surface area contributed by atoms with Crippen molar-refractivity contribution in [3.63, 3.8) is 0 Å². The molecule has 2 aromatic rings. The second-order valence-corrected chi connectivity index (χ2v) is 4.89. The average molecular weight is 283 g/mol. The number of hydrogen-bond acceptors (Lipinski definition) is 4. The molecular weight excluding hydrogens is 272 g/mol. The normalized spacial score (nSPS) is 19.2. The van der Waals surface area contributed by atoms with Crippen LogP contribution in [0.5, 0.6) is 6.01 Å². The van der Waals surface area contributed by atoms with Crippen molar-refractivity contribution >= 4 is 28.9 Å². The van der Waals surface area contributed by atoms with Crippen molar-refractivity contribution in [3.8, 4) is 6.01 Å². The number of pyridine rings is 1. The first-order valence-corrected chi connectivity index (χ1v) is 6.14. The number of amides is 1. The number of fused-ring (bicyclic) bond motifs is 1. The number of aromatic nitrogens is 3. The fourth-order valence-corrected chi connectivity index (χ4v) is 2.58. The van der Waals surface area contributed by atoms with Crippen LogP contribution in [0.1, 0.15) is 12.5 Å². The highest BCUT2D eigenvalue weighted by Crippen LogP contribution is 2.31. The van der Waals surface area contributed by atoms with Gasteiger partial charge in [-0.05, 0) is 12.5 Å². The number of likely N-dealkylation sites (tertiary alicyclic amines) is 1. The molecule has 2 aromatic heterocycles. The Morgan fingerprint density at radius 3 is 3.00 bits per heavy atom. The number of carbonyl (C=O) groups is 1. The van der Waals surface area contributed by atoms with Crippen LogP contribution >= 0.6 is 11.6 Å². The summed E-state index contributed by atoms with van der Waals surface area (Å²) in [5.41, 5.74) is 1.01. The minimum absolute atomic E-state index is 0.152. The zero-order valence-corrected chi connectivity index (χ0v) is 10.6. The number of nitrogens with zero attached hydrogens (tertiary/aromatic N) is 4. The minimum Gasteiger partial charge on any atom is -0.480 e. The van der Waals surface area contributed by atoms with Crippen LogP contribution in [-0.4, -0.2) is 48.8 Å². The number of hydrogen-bond donors (Lipinski definition) is 2. The fourth-order valence-electron chi connectivity index (χ4n) is 2.43. The minimum atomic E-state index is -0.956. The third-order valence-electron chi connectivity index (χ3n) is 3.29. The summed E-state index contributed by atoms with van der Waals surface area (Å²) in [6.07, 6.45) is 1.12. The Balaban J connectivity index is 2.03. The lowest BCUT2D eigenvalue weighted by Gasteiger charge is -2.14. The summed E-state index contributed by atoms with van der Waals surface area (Å²) < 4.78 is 1.59. The monoisotopic (exact) mass is 282 g/mol. The van der Waals surface area contributed by atoms with Crippen molar-refractivity contribution in [1.82, 2.24) is 19.4 Å². The Labute approximate surface area is 113 Å². The van der Waals surface area contributed by atoms with Gasteiger partial charge in [-0.15, -0.1) is 0 Å². The molecule has 0 spiro atoms. The van der Waals surface area contributed by atoms with Crippen LogP contribution in [0.4, 0.5) is 4.79 Å². The highest BCUT2D eigenvalue weighted by atomic mass is 35.5. The van der Waals surface area contributed by atoms with Crippen molar-refractivity contribution in [3.05, 3.63) is 17.3 Å². The van der Waals surface area contributed by atoms with Gasteiger partial charge < -0.3 is 15.1 Å². The molecule has 7 nitrogen and oxygen atoms in total.